The lowest BCUT2D eigenvalue weighted by Crippen LogP contribution is -2.45. The van der Waals surface area contributed by atoms with E-state index in [1.54, 1.807) is 7.11 Å². The predicted molar refractivity (Wildman–Crippen MR) is 131 cm³/mol. The SMILES string of the molecule is CCNC(=NCC(C)N1CCOCC1)NCC(c1cccc(OC)c1)N(C)C.I. The van der Waals surface area contributed by atoms with Crippen LogP contribution in [0.2, 0.25) is 0 Å². The van der Waals surface area contributed by atoms with Gasteiger partial charge >= 0.3 is 0 Å². The van der Waals surface area contributed by atoms with Crippen molar-refractivity contribution in [3.63, 3.8) is 0 Å². The van der Waals surface area contributed by atoms with Gasteiger partial charge in [-0.05, 0) is 45.6 Å². The van der Waals surface area contributed by atoms with Gasteiger partial charge in [-0.2, -0.15) is 0 Å². The van der Waals surface area contributed by atoms with E-state index >= 15 is 0 Å². The van der Waals surface area contributed by atoms with Crippen molar-refractivity contribution in [3.8, 4) is 5.75 Å². The molecule has 1 aromatic rings. The molecule has 1 fully saturated rings. The molecule has 0 radical (unpaired) electrons. The number of rotatable bonds is 9. The van der Waals surface area contributed by atoms with Crippen LogP contribution in [0.25, 0.3) is 0 Å². The van der Waals surface area contributed by atoms with Gasteiger partial charge in [0.05, 0.1) is 32.9 Å². The molecule has 1 heterocycles. The minimum absolute atomic E-state index is 0. The second-order valence-electron chi connectivity index (χ2n) is 7.35. The molecule has 8 heteroatoms. The van der Waals surface area contributed by atoms with Crippen LogP contribution in [0.3, 0.4) is 0 Å². The number of guanidine groups is 1. The zero-order valence-electron chi connectivity index (χ0n) is 18.5. The van der Waals surface area contributed by atoms with E-state index in [0.717, 1.165) is 57.6 Å². The van der Waals surface area contributed by atoms with Crippen LogP contribution in [-0.4, -0.2) is 88.9 Å². The van der Waals surface area contributed by atoms with Gasteiger partial charge in [-0.15, -0.1) is 24.0 Å². The summed E-state index contributed by atoms with van der Waals surface area (Å²) in [6.45, 7) is 10.3. The number of morpholine rings is 1. The third kappa shape index (κ3) is 8.65. The lowest BCUT2D eigenvalue weighted by atomic mass is 10.1. The van der Waals surface area contributed by atoms with Gasteiger partial charge in [0.1, 0.15) is 5.75 Å². The summed E-state index contributed by atoms with van der Waals surface area (Å²) in [4.78, 5) is 9.47. The summed E-state index contributed by atoms with van der Waals surface area (Å²) in [5.41, 5.74) is 1.22. The number of hydrogen-bond donors (Lipinski definition) is 2. The van der Waals surface area contributed by atoms with Gasteiger partial charge in [0, 0.05) is 32.2 Å². The van der Waals surface area contributed by atoms with Crippen molar-refractivity contribution < 1.29 is 9.47 Å². The van der Waals surface area contributed by atoms with Gasteiger partial charge in [0.25, 0.3) is 0 Å². The zero-order valence-corrected chi connectivity index (χ0v) is 20.8. The monoisotopic (exact) mass is 519 g/mol. The number of aliphatic imine (C=N–C) groups is 1. The largest absolute Gasteiger partial charge is 0.497 e. The van der Waals surface area contributed by atoms with E-state index < -0.39 is 0 Å². The molecule has 2 rings (SSSR count). The predicted octanol–water partition coefficient (Wildman–Crippen LogP) is 2.19. The van der Waals surface area contributed by atoms with Gasteiger partial charge in [0.2, 0.25) is 0 Å². The topological polar surface area (TPSA) is 61.4 Å². The van der Waals surface area contributed by atoms with Gasteiger partial charge < -0.3 is 25.0 Å². The van der Waals surface area contributed by atoms with Crippen molar-refractivity contribution in [2.75, 3.05) is 67.1 Å². The van der Waals surface area contributed by atoms with Crippen LogP contribution < -0.4 is 15.4 Å². The molecular weight excluding hydrogens is 481 g/mol. The number of nitrogens with zero attached hydrogens (tertiary/aromatic N) is 3. The fraction of sp³-hybridized carbons (Fsp3) is 0.667. The normalized spacial score (nSPS) is 17.4. The van der Waals surface area contributed by atoms with E-state index in [1.807, 2.05) is 12.1 Å². The Balaban J connectivity index is 0.00000420. The first-order valence-electron chi connectivity index (χ1n) is 10.2. The Morgan fingerprint density at radius 2 is 2.00 bits per heavy atom. The lowest BCUT2D eigenvalue weighted by Gasteiger charge is -2.31. The summed E-state index contributed by atoms with van der Waals surface area (Å²) in [5.74, 6) is 1.74. The molecule has 1 aliphatic rings. The smallest absolute Gasteiger partial charge is 0.191 e. The van der Waals surface area contributed by atoms with Crippen molar-refractivity contribution in [3.05, 3.63) is 29.8 Å². The minimum Gasteiger partial charge on any atom is -0.497 e. The second kappa shape index (κ2) is 14.0. The molecule has 0 saturated carbocycles. The molecule has 1 aromatic carbocycles. The molecule has 0 amide bonds. The van der Waals surface area contributed by atoms with Crippen molar-refractivity contribution in [2.24, 2.45) is 4.99 Å². The summed E-state index contributed by atoms with van der Waals surface area (Å²) in [7, 11) is 5.89. The highest BCUT2D eigenvalue weighted by molar-refractivity contribution is 14.0. The van der Waals surface area contributed by atoms with Gasteiger partial charge in [0.15, 0.2) is 5.96 Å². The quantitative estimate of drug-likeness (QED) is 0.297. The molecule has 2 atom stereocenters. The van der Waals surface area contributed by atoms with Crippen LogP contribution >= 0.6 is 24.0 Å². The van der Waals surface area contributed by atoms with E-state index in [9.17, 15) is 0 Å². The maximum Gasteiger partial charge on any atom is 0.191 e. The molecule has 2 unspecified atom stereocenters. The van der Waals surface area contributed by atoms with E-state index in [1.165, 1.54) is 5.56 Å². The summed E-state index contributed by atoms with van der Waals surface area (Å²) in [5, 5.41) is 6.87. The van der Waals surface area contributed by atoms with Crippen LogP contribution in [0.1, 0.15) is 25.5 Å². The highest BCUT2D eigenvalue weighted by Gasteiger charge is 2.18. The first-order chi connectivity index (χ1) is 13.5. The molecule has 2 N–H and O–H groups in total. The molecule has 7 nitrogen and oxygen atoms in total. The maximum absolute atomic E-state index is 5.44. The maximum atomic E-state index is 5.44. The first kappa shape index (κ1) is 25.9. The highest BCUT2D eigenvalue weighted by atomic mass is 127. The number of hydrogen-bond acceptors (Lipinski definition) is 5. The Kier molecular flexibility index (Phi) is 12.5. The van der Waals surface area contributed by atoms with Crippen LogP contribution in [0, 0.1) is 0 Å². The fourth-order valence-corrected chi connectivity index (χ4v) is 3.34. The first-order valence-corrected chi connectivity index (χ1v) is 10.2. The van der Waals surface area contributed by atoms with Gasteiger partial charge in [-0.25, -0.2) is 0 Å². The molecule has 0 bridgehead atoms. The Labute approximate surface area is 193 Å². The van der Waals surface area contributed by atoms with Crippen molar-refractivity contribution in [1.82, 2.24) is 20.4 Å². The molecule has 29 heavy (non-hydrogen) atoms. The summed E-state index contributed by atoms with van der Waals surface area (Å²) in [6, 6.07) is 8.87. The number of halogens is 1. The van der Waals surface area contributed by atoms with Crippen molar-refractivity contribution in [2.45, 2.75) is 25.9 Å². The average molecular weight is 519 g/mol. The number of benzene rings is 1. The van der Waals surface area contributed by atoms with Crippen LogP contribution in [0.15, 0.2) is 29.3 Å². The number of nitrogens with one attached hydrogen (secondary N) is 2. The fourth-order valence-electron chi connectivity index (χ4n) is 3.34. The molecular formula is C21H38IN5O2. The van der Waals surface area contributed by atoms with E-state index in [-0.39, 0.29) is 30.0 Å². The standard InChI is InChI=1S/C21H37N5O2.HI/c1-6-22-21(23-15-17(2)26-10-12-28-13-11-26)24-16-20(25(3)4)18-8-7-9-19(14-18)27-5;/h7-9,14,17,20H,6,10-13,15-16H2,1-5H3,(H2,22,23,24);1H. The Hall–Kier alpha value is -1.10. The third-order valence-corrected chi connectivity index (χ3v) is 5.09. The highest BCUT2D eigenvalue weighted by Crippen LogP contribution is 2.22. The molecule has 1 aliphatic heterocycles. The summed E-state index contributed by atoms with van der Waals surface area (Å²) < 4.78 is 10.8. The number of methoxy groups -OCH3 is 1. The Bertz CT molecular complexity index is 608. The average Bonchev–Trinajstić information content (AvgIpc) is 2.72. The Morgan fingerprint density at radius 1 is 1.28 bits per heavy atom. The van der Waals surface area contributed by atoms with Crippen LogP contribution in [0.5, 0.6) is 5.75 Å². The number of likely N-dealkylation sites (N-methyl/N-ethyl adjacent to an activating group) is 1. The molecule has 0 spiro atoms. The van der Waals surface area contributed by atoms with Crippen LogP contribution in [0.4, 0.5) is 0 Å². The van der Waals surface area contributed by atoms with Crippen molar-refractivity contribution in [1.29, 1.82) is 0 Å². The van der Waals surface area contributed by atoms with Gasteiger partial charge in [-0.3, -0.25) is 9.89 Å². The van der Waals surface area contributed by atoms with E-state index in [0.29, 0.717) is 6.04 Å². The van der Waals surface area contributed by atoms with Gasteiger partial charge in [-0.1, -0.05) is 12.1 Å². The minimum atomic E-state index is 0. The zero-order chi connectivity index (χ0) is 20.4. The molecule has 0 aliphatic carbocycles. The molecule has 0 aromatic heterocycles. The van der Waals surface area contributed by atoms with Crippen molar-refractivity contribution >= 4 is 29.9 Å². The summed E-state index contributed by atoms with van der Waals surface area (Å²) in [6.07, 6.45) is 0. The van der Waals surface area contributed by atoms with E-state index in [2.05, 4.69) is 60.5 Å². The second-order valence-corrected chi connectivity index (χ2v) is 7.35. The third-order valence-electron chi connectivity index (χ3n) is 5.09. The lowest BCUT2D eigenvalue weighted by molar-refractivity contribution is 0.0220. The number of ether oxygens (including phenoxy) is 2. The molecule has 166 valence electrons. The Morgan fingerprint density at radius 3 is 2.62 bits per heavy atom. The summed E-state index contributed by atoms with van der Waals surface area (Å²) >= 11 is 0. The van der Waals surface area contributed by atoms with Crippen LogP contribution in [-0.2, 0) is 4.74 Å². The molecule has 1 saturated heterocycles. The van der Waals surface area contributed by atoms with E-state index in [4.69, 9.17) is 14.5 Å².